The van der Waals surface area contributed by atoms with Crippen LogP contribution in [0.2, 0.25) is 0 Å². The standard InChI is InChI=1S/C10H14O5S/c1-16(14,15)8-4-2-7(3-5-8)10(13)9(12)6-11/h2-5,9-13H,6H2,1H3/t9?,10-/m1/s1. The second kappa shape index (κ2) is 4.92. The minimum Gasteiger partial charge on any atom is -0.394 e. The van der Waals surface area contributed by atoms with Crippen LogP contribution < -0.4 is 0 Å². The first-order valence-corrected chi connectivity index (χ1v) is 6.52. The molecule has 0 saturated heterocycles. The van der Waals surface area contributed by atoms with Crippen LogP contribution >= 0.6 is 0 Å². The highest BCUT2D eigenvalue weighted by Crippen LogP contribution is 2.19. The van der Waals surface area contributed by atoms with Gasteiger partial charge in [-0.05, 0) is 17.7 Å². The van der Waals surface area contributed by atoms with Crippen LogP contribution in [0.1, 0.15) is 11.7 Å². The van der Waals surface area contributed by atoms with Gasteiger partial charge in [-0.15, -0.1) is 0 Å². The van der Waals surface area contributed by atoms with E-state index in [-0.39, 0.29) is 4.90 Å². The summed E-state index contributed by atoms with van der Waals surface area (Å²) in [6.45, 7) is -0.561. The number of benzene rings is 1. The molecule has 0 fully saturated rings. The molecule has 0 heterocycles. The maximum absolute atomic E-state index is 11.2. The van der Waals surface area contributed by atoms with E-state index in [9.17, 15) is 18.6 Å². The Morgan fingerprint density at radius 2 is 1.69 bits per heavy atom. The maximum Gasteiger partial charge on any atom is 0.175 e. The number of aliphatic hydroxyl groups is 3. The van der Waals surface area contributed by atoms with Gasteiger partial charge in [0.05, 0.1) is 11.5 Å². The van der Waals surface area contributed by atoms with Crippen LogP contribution in [0.25, 0.3) is 0 Å². The van der Waals surface area contributed by atoms with Crippen LogP contribution in [0.5, 0.6) is 0 Å². The van der Waals surface area contributed by atoms with Crippen LogP contribution in [-0.2, 0) is 9.84 Å². The smallest absolute Gasteiger partial charge is 0.175 e. The van der Waals surface area contributed by atoms with Gasteiger partial charge in [0.15, 0.2) is 9.84 Å². The molecule has 0 amide bonds. The zero-order chi connectivity index (χ0) is 12.3. The third-order valence-corrected chi connectivity index (χ3v) is 3.33. The molecule has 0 spiro atoms. The van der Waals surface area contributed by atoms with Gasteiger partial charge in [0.25, 0.3) is 0 Å². The number of aliphatic hydroxyl groups excluding tert-OH is 3. The van der Waals surface area contributed by atoms with Crippen LogP contribution in [0.15, 0.2) is 29.2 Å². The summed E-state index contributed by atoms with van der Waals surface area (Å²) in [5.41, 5.74) is 0.356. The summed E-state index contributed by atoms with van der Waals surface area (Å²) < 4.78 is 22.3. The summed E-state index contributed by atoms with van der Waals surface area (Å²) in [4.78, 5) is 0.141. The van der Waals surface area contributed by atoms with E-state index in [1.165, 1.54) is 24.3 Å². The SMILES string of the molecule is CS(=O)(=O)c1ccc([C@@H](O)C(O)CO)cc1. The monoisotopic (exact) mass is 246 g/mol. The average Bonchev–Trinajstić information content (AvgIpc) is 2.26. The lowest BCUT2D eigenvalue weighted by Crippen LogP contribution is -2.22. The summed E-state index contributed by atoms with van der Waals surface area (Å²) >= 11 is 0. The molecule has 0 saturated carbocycles. The van der Waals surface area contributed by atoms with E-state index in [4.69, 9.17) is 5.11 Å². The van der Waals surface area contributed by atoms with Crippen molar-refractivity contribution in [3.05, 3.63) is 29.8 Å². The van der Waals surface area contributed by atoms with Gasteiger partial charge in [0.2, 0.25) is 0 Å². The Bertz CT molecular complexity index is 437. The summed E-state index contributed by atoms with van der Waals surface area (Å²) in [5.74, 6) is 0. The van der Waals surface area contributed by atoms with Crippen molar-refractivity contribution in [2.24, 2.45) is 0 Å². The van der Waals surface area contributed by atoms with E-state index in [1.54, 1.807) is 0 Å². The molecule has 1 unspecified atom stereocenters. The van der Waals surface area contributed by atoms with Gasteiger partial charge >= 0.3 is 0 Å². The molecule has 2 atom stereocenters. The zero-order valence-electron chi connectivity index (χ0n) is 8.74. The molecule has 0 aliphatic heterocycles. The molecular weight excluding hydrogens is 232 g/mol. The van der Waals surface area contributed by atoms with Crippen molar-refractivity contribution < 1.29 is 23.7 Å². The summed E-state index contributed by atoms with van der Waals surface area (Å²) in [6, 6.07) is 5.50. The highest BCUT2D eigenvalue weighted by molar-refractivity contribution is 7.90. The summed E-state index contributed by atoms with van der Waals surface area (Å²) in [6.07, 6.45) is -1.41. The Kier molecular flexibility index (Phi) is 4.03. The number of sulfone groups is 1. The molecule has 3 N–H and O–H groups in total. The first kappa shape index (κ1) is 13.1. The molecule has 16 heavy (non-hydrogen) atoms. The minimum absolute atomic E-state index is 0.141. The second-order valence-corrected chi connectivity index (χ2v) is 5.55. The van der Waals surface area contributed by atoms with Gasteiger partial charge in [-0.2, -0.15) is 0 Å². The molecule has 5 nitrogen and oxygen atoms in total. The molecule has 6 heteroatoms. The molecule has 1 aromatic carbocycles. The fourth-order valence-electron chi connectivity index (χ4n) is 1.23. The Morgan fingerprint density at radius 1 is 1.19 bits per heavy atom. The van der Waals surface area contributed by atoms with Gasteiger partial charge in [0, 0.05) is 6.26 Å². The van der Waals surface area contributed by atoms with E-state index < -0.39 is 28.7 Å². The van der Waals surface area contributed by atoms with Gasteiger partial charge < -0.3 is 15.3 Å². The molecular formula is C10H14O5S. The number of rotatable bonds is 4. The highest BCUT2D eigenvalue weighted by atomic mass is 32.2. The van der Waals surface area contributed by atoms with Crippen LogP contribution in [0, 0.1) is 0 Å². The molecule has 90 valence electrons. The Balaban J connectivity index is 2.96. The Labute approximate surface area is 93.9 Å². The topological polar surface area (TPSA) is 94.8 Å². The molecule has 0 aromatic heterocycles. The van der Waals surface area contributed by atoms with E-state index >= 15 is 0 Å². The van der Waals surface area contributed by atoms with E-state index in [2.05, 4.69) is 0 Å². The van der Waals surface area contributed by atoms with Crippen molar-refractivity contribution in [1.82, 2.24) is 0 Å². The molecule has 1 rings (SSSR count). The molecule has 0 aliphatic rings. The van der Waals surface area contributed by atoms with Crippen molar-refractivity contribution in [1.29, 1.82) is 0 Å². The number of hydrogen-bond donors (Lipinski definition) is 3. The highest BCUT2D eigenvalue weighted by Gasteiger charge is 2.17. The van der Waals surface area contributed by atoms with Crippen LogP contribution in [-0.4, -0.2) is 42.7 Å². The molecule has 0 bridgehead atoms. The average molecular weight is 246 g/mol. The first-order chi connectivity index (χ1) is 7.36. The van der Waals surface area contributed by atoms with Gasteiger partial charge in [-0.25, -0.2) is 8.42 Å². The van der Waals surface area contributed by atoms with Crippen molar-refractivity contribution in [3.8, 4) is 0 Å². The summed E-state index contributed by atoms with van der Waals surface area (Å²) in [5, 5.41) is 27.4. The third-order valence-electron chi connectivity index (χ3n) is 2.20. The number of hydrogen-bond acceptors (Lipinski definition) is 5. The largest absolute Gasteiger partial charge is 0.394 e. The lowest BCUT2D eigenvalue weighted by molar-refractivity contribution is -0.0152. The lowest BCUT2D eigenvalue weighted by atomic mass is 10.1. The van der Waals surface area contributed by atoms with Gasteiger partial charge in [0.1, 0.15) is 12.2 Å². The zero-order valence-corrected chi connectivity index (χ0v) is 9.55. The van der Waals surface area contributed by atoms with Crippen molar-refractivity contribution in [2.75, 3.05) is 12.9 Å². The Hall–Kier alpha value is -0.950. The van der Waals surface area contributed by atoms with Crippen LogP contribution in [0.4, 0.5) is 0 Å². The predicted octanol–water partition coefficient (Wildman–Crippen LogP) is -0.523. The van der Waals surface area contributed by atoms with E-state index in [0.717, 1.165) is 6.26 Å². The Morgan fingerprint density at radius 3 is 2.06 bits per heavy atom. The minimum atomic E-state index is -3.26. The van der Waals surface area contributed by atoms with Crippen molar-refractivity contribution in [2.45, 2.75) is 17.1 Å². The first-order valence-electron chi connectivity index (χ1n) is 4.63. The fourth-order valence-corrected chi connectivity index (χ4v) is 1.86. The maximum atomic E-state index is 11.2. The predicted molar refractivity (Wildman–Crippen MR) is 57.6 cm³/mol. The van der Waals surface area contributed by atoms with Crippen LogP contribution in [0.3, 0.4) is 0 Å². The lowest BCUT2D eigenvalue weighted by Gasteiger charge is -2.15. The van der Waals surface area contributed by atoms with E-state index in [1.807, 2.05) is 0 Å². The van der Waals surface area contributed by atoms with Gasteiger partial charge in [-0.1, -0.05) is 12.1 Å². The van der Waals surface area contributed by atoms with Gasteiger partial charge in [-0.3, -0.25) is 0 Å². The second-order valence-electron chi connectivity index (χ2n) is 3.54. The van der Waals surface area contributed by atoms with Crippen molar-refractivity contribution in [3.63, 3.8) is 0 Å². The normalized spacial score (nSPS) is 15.8. The molecule has 0 aliphatic carbocycles. The van der Waals surface area contributed by atoms with Crippen molar-refractivity contribution >= 4 is 9.84 Å². The van der Waals surface area contributed by atoms with E-state index in [0.29, 0.717) is 5.56 Å². The molecule has 0 radical (unpaired) electrons. The fraction of sp³-hybridized carbons (Fsp3) is 0.400. The third kappa shape index (κ3) is 3.02. The quantitative estimate of drug-likeness (QED) is 0.664. The molecule has 1 aromatic rings. The summed E-state index contributed by atoms with van der Waals surface area (Å²) in [7, 11) is -3.26.